The summed E-state index contributed by atoms with van der Waals surface area (Å²) >= 11 is 5.74. The molecule has 0 fully saturated rings. The van der Waals surface area contributed by atoms with Crippen LogP contribution in [-0.4, -0.2) is 23.3 Å². The predicted octanol–water partition coefficient (Wildman–Crippen LogP) is 1.78. The molecule has 0 unspecified atom stereocenters. The number of carbonyl (C=O) groups excluding carboxylic acids is 2. The average Bonchev–Trinajstić information content (AvgIpc) is 2.52. The molecule has 6 heteroatoms. The third-order valence-corrected chi connectivity index (χ3v) is 2.98. The van der Waals surface area contributed by atoms with Crippen molar-refractivity contribution in [2.45, 2.75) is 6.54 Å². The molecule has 21 heavy (non-hydrogen) atoms. The van der Waals surface area contributed by atoms with Crippen LogP contribution in [0.3, 0.4) is 0 Å². The minimum atomic E-state index is -0.316. The number of amides is 2. The lowest BCUT2D eigenvalue weighted by Gasteiger charge is -2.07. The first-order chi connectivity index (χ1) is 10.1. The second kappa shape index (κ2) is 7.40. The number of nitrogens with one attached hydrogen (secondary N) is 2. The number of carbonyl (C=O) groups is 2. The molecular formula is C15H14ClN3O2. The summed E-state index contributed by atoms with van der Waals surface area (Å²) in [5, 5.41) is 5.80. The number of benzene rings is 1. The highest BCUT2D eigenvalue weighted by molar-refractivity contribution is 6.30. The normalized spacial score (nSPS) is 9.95. The van der Waals surface area contributed by atoms with E-state index < -0.39 is 0 Å². The van der Waals surface area contributed by atoms with Crippen LogP contribution in [0.4, 0.5) is 0 Å². The van der Waals surface area contributed by atoms with Crippen molar-refractivity contribution in [3.05, 3.63) is 64.9 Å². The summed E-state index contributed by atoms with van der Waals surface area (Å²) in [6.45, 7) is 0.297. The molecule has 0 aliphatic heterocycles. The Hall–Kier alpha value is -2.40. The summed E-state index contributed by atoms with van der Waals surface area (Å²) in [6, 6.07) is 10.1. The van der Waals surface area contributed by atoms with E-state index in [0.717, 1.165) is 5.56 Å². The van der Waals surface area contributed by atoms with E-state index in [0.29, 0.717) is 17.1 Å². The zero-order chi connectivity index (χ0) is 15.1. The van der Waals surface area contributed by atoms with E-state index >= 15 is 0 Å². The van der Waals surface area contributed by atoms with Crippen molar-refractivity contribution in [3.63, 3.8) is 0 Å². The van der Waals surface area contributed by atoms with Crippen LogP contribution >= 0.6 is 11.6 Å². The van der Waals surface area contributed by atoms with E-state index in [2.05, 4.69) is 15.6 Å². The van der Waals surface area contributed by atoms with Crippen LogP contribution in [0.1, 0.15) is 15.9 Å². The third-order valence-electron chi connectivity index (χ3n) is 2.73. The first kappa shape index (κ1) is 15.0. The van der Waals surface area contributed by atoms with Gasteiger partial charge >= 0.3 is 0 Å². The predicted molar refractivity (Wildman–Crippen MR) is 79.9 cm³/mol. The van der Waals surface area contributed by atoms with Gasteiger partial charge < -0.3 is 10.6 Å². The molecule has 1 aromatic carbocycles. The maximum absolute atomic E-state index is 11.8. The van der Waals surface area contributed by atoms with Crippen LogP contribution in [0.15, 0.2) is 48.8 Å². The van der Waals surface area contributed by atoms with Gasteiger partial charge in [0, 0.05) is 29.5 Å². The highest BCUT2D eigenvalue weighted by Crippen LogP contribution is 2.09. The second-order valence-corrected chi connectivity index (χ2v) is 4.76. The lowest BCUT2D eigenvalue weighted by molar-refractivity contribution is -0.120. The molecule has 5 nitrogen and oxygen atoms in total. The molecule has 2 rings (SSSR count). The van der Waals surface area contributed by atoms with Crippen molar-refractivity contribution in [2.24, 2.45) is 0 Å². The average molecular weight is 304 g/mol. The first-order valence-corrected chi connectivity index (χ1v) is 6.72. The first-order valence-electron chi connectivity index (χ1n) is 6.34. The zero-order valence-corrected chi connectivity index (χ0v) is 11.9. The monoisotopic (exact) mass is 303 g/mol. The fourth-order valence-electron chi connectivity index (χ4n) is 1.63. The summed E-state index contributed by atoms with van der Waals surface area (Å²) in [7, 11) is 0. The van der Waals surface area contributed by atoms with Gasteiger partial charge in [0.05, 0.1) is 6.54 Å². The van der Waals surface area contributed by atoms with Crippen molar-refractivity contribution in [1.82, 2.24) is 15.6 Å². The minimum Gasteiger partial charge on any atom is -0.350 e. The van der Waals surface area contributed by atoms with Gasteiger partial charge in [-0.15, -0.1) is 0 Å². The number of nitrogens with zero attached hydrogens (tertiary/aromatic N) is 1. The van der Waals surface area contributed by atoms with Crippen molar-refractivity contribution >= 4 is 23.4 Å². The van der Waals surface area contributed by atoms with Gasteiger partial charge in [-0.3, -0.25) is 14.6 Å². The number of halogens is 1. The summed E-state index contributed by atoms with van der Waals surface area (Å²) in [6.07, 6.45) is 3.34. The number of hydrogen-bond donors (Lipinski definition) is 2. The van der Waals surface area contributed by atoms with Gasteiger partial charge in [-0.1, -0.05) is 17.7 Å². The van der Waals surface area contributed by atoms with E-state index in [1.165, 1.54) is 0 Å². The molecular weight excluding hydrogens is 290 g/mol. The Labute approximate surface area is 127 Å². The number of pyridine rings is 1. The molecule has 0 aliphatic rings. The Balaban J connectivity index is 1.76. The van der Waals surface area contributed by atoms with Gasteiger partial charge in [-0.2, -0.15) is 0 Å². The summed E-state index contributed by atoms with van der Waals surface area (Å²) < 4.78 is 0. The van der Waals surface area contributed by atoms with Crippen molar-refractivity contribution in [3.8, 4) is 0 Å². The van der Waals surface area contributed by atoms with Crippen LogP contribution in [0.25, 0.3) is 0 Å². The molecule has 0 saturated heterocycles. The molecule has 0 bridgehead atoms. The Morgan fingerprint density at radius 1 is 1.10 bits per heavy atom. The fraction of sp³-hybridized carbons (Fsp3) is 0.133. The standard InChI is InChI=1S/C15H14ClN3O2/c16-13-5-3-12(4-6-13)15(21)19-10-14(20)18-9-11-2-1-7-17-8-11/h1-8H,9-10H2,(H,18,20)(H,19,21). The molecule has 2 aromatic rings. The molecule has 0 aliphatic carbocycles. The van der Waals surface area contributed by atoms with Gasteiger partial charge in [-0.25, -0.2) is 0 Å². The van der Waals surface area contributed by atoms with Crippen molar-refractivity contribution in [2.75, 3.05) is 6.54 Å². The summed E-state index contributed by atoms with van der Waals surface area (Å²) in [5.74, 6) is -0.579. The SMILES string of the molecule is O=C(CNC(=O)c1ccc(Cl)cc1)NCc1cccnc1. The van der Waals surface area contributed by atoms with E-state index in [-0.39, 0.29) is 18.4 Å². The Morgan fingerprint density at radius 3 is 2.52 bits per heavy atom. The minimum absolute atomic E-state index is 0.0816. The van der Waals surface area contributed by atoms with E-state index in [9.17, 15) is 9.59 Å². The second-order valence-electron chi connectivity index (χ2n) is 4.33. The van der Waals surface area contributed by atoms with Gasteiger partial charge in [-0.05, 0) is 35.9 Å². The number of rotatable bonds is 5. The quantitative estimate of drug-likeness (QED) is 0.884. The van der Waals surface area contributed by atoms with Gasteiger partial charge in [0.15, 0.2) is 0 Å². The maximum atomic E-state index is 11.8. The van der Waals surface area contributed by atoms with E-state index in [1.807, 2.05) is 6.07 Å². The lowest BCUT2D eigenvalue weighted by Crippen LogP contribution is -2.36. The Bertz CT molecular complexity index is 615. The van der Waals surface area contributed by atoms with Crippen molar-refractivity contribution < 1.29 is 9.59 Å². The highest BCUT2D eigenvalue weighted by Gasteiger charge is 2.07. The Morgan fingerprint density at radius 2 is 1.86 bits per heavy atom. The Kier molecular flexibility index (Phi) is 5.29. The van der Waals surface area contributed by atoms with Gasteiger partial charge in [0.1, 0.15) is 0 Å². The van der Waals surface area contributed by atoms with Crippen LogP contribution in [0, 0.1) is 0 Å². The summed E-state index contributed by atoms with van der Waals surface area (Å²) in [5.41, 5.74) is 1.36. The largest absolute Gasteiger partial charge is 0.350 e. The lowest BCUT2D eigenvalue weighted by atomic mass is 10.2. The van der Waals surface area contributed by atoms with Crippen LogP contribution in [0.2, 0.25) is 5.02 Å². The zero-order valence-electron chi connectivity index (χ0n) is 11.2. The molecule has 0 spiro atoms. The molecule has 2 amide bonds. The van der Waals surface area contributed by atoms with Crippen LogP contribution < -0.4 is 10.6 Å². The topological polar surface area (TPSA) is 71.1 Å². The number of aromatic nitrogens is 1. The van der Waals surface area contributed by atoms with E-state index in [4.69, 9.17) is 11.6 Å². The highest BCUT2D eigenvalue weighted by atomic mass is 35.5. The van der Waals surface area contributed by atoms with Crippen LogP contribution in [-0.2, 0) is 11.3 Å². The smallest absolute Gasteiger partial charge is 0.251 e. The number of hydrogen-bond acceptors (Lipinski definition) is 3. The van der Waals surface area contributed by atoms with Gasteiger partial charge in [0.2, 0.25) is 5.91 Å². The molecule has 0 saturated carbocycles. The fourth-order valence-corrected chi connectivity index (χ4v) is 1.76. The molecule has 0 atom stereocenters. The van der Waals surface area contributed by atoms with Crippen LogP contribution in [0.5, 0.6) is 0 Å². The molecule has 108 valence electrons. The molecule has 1 heterocycles. The third kappa shape index (κ3) is 4.89. The van der Waals surface area contributed by atoms with Gasteiger partial charge in [0.25, 0.3) is 5.91 Å². The van der Waals surface area contributed by atoms with Crippen molar-refractivity contribution in [1.29, 1.82) is 0 Å². The van der Waals surface area contributed by atoms with E-state index in [1.54, 1.807) is 42.7 Å². The molecule has 0 radical (unpaired) electrons. The summed E-state index contributed by atoms with van der Waals surface area (Å²) in [4.78, 5) is 27.4. The maximum Gasteiger partial charge on any atom is 0.251 e. The molecule has 1 aromatic heterocycles. The molecule has 2 N–H and O–H groups in total.